The van der Waals surface area contributed by atoms with Crippen molar-refractivity contribution in [3.05, 3.63) is 46.7 Å². The van der Waals surface area contributed by atoms with Gasteiger partial charge in [-0.05, 0) is 40.0 Å². The van der Waals surface area contributed by atoms with Crippen LogP contribution in [0.25, 0.3) is 0 Å². The molecule has 70 valence electrons. The maximum Gasteiger partial charge on any atom is 0.137 e. The molecule has 3 heteroatoms. The minimum atomic E-state index is -0.269. The van der Waals surface area contributed by atoms with Crippen molar-refractivity contribution in [1.29, 1.82) is 0 Å². The summed E-state index contributed by atoms with van der Waals surface area (Å²) in [6.45, 7) is 3.60. The Kier molecular flexibility index (Phi) is 3.63. The van der Waals surface area contributed by atoms with Gasteiger partial charge in [0.2, 0.25) is 0 Å². The van der Waals surface area contributed by atoms with Gasteiger partial charge in [-0.15, -0.1) is 6.58 Å². The average Bonchev–Trinajstić information content (AvgIpc) is 2.10. The van der Waals surface area contributed by atoms with Gasteiger partial charge in [0, 0.05) is 6.04 Å². The Morgan fingerprint density at radius 3 is 2.85 bits per heavy atom. The third-order valence-electron chi connectivity index (χ3n) is 1.79. The molecule has 0 heterocycles. The van der Waals surface area contributed by atoms with Crippen molar-refractivity contribution in [1.82, 2.24) is 0 Å². The van der Waals surface area contributed by atoms with Crippen LogP contribution in [-0.2, 0) is 0 Å². The first-order chi connectivity index (χ1) is 6.15. The van der Waals surface area contributed by atoms with E-state index >= 15 is 0 Å². The molecule has 0 fully saturated rings. The topological polar surface area (TPSA) is 26.0 Å². The molecular weight excluding hydrogens is 233 g/mol. The molecule has 0 aromatic heterocycles. The Bertz CT molecular complexity index is 312. The van der Waals surface area contributed by atoms with Gasteiger partial charge in [-0.2, -0.15) is 0 Å². The first-order valence-corrected chi connectivity index (χ1v) is 4.76. The first-order valence-electron chi connectivity index (χ1n) is 3.96. The predicted molar refractivity (Wildman–Crippen MR) is 55.8 cm³/mol. The van der Waals surface area contributed by atoms with Crippen molar-refractivity contribution in [2.45, 2.75) is 12.5 Å². The second-order valence-corrected chi connectivity index (χ2v) is 3.66. The molecule has 0 aliphatic carbocycles. The molecule has 0 unspecified atom stereocenters. The van der Waals surface area contributed by atoms with Gasteiger partial charge in [-0.25, -0.2) is 4.39 Å². The van der Waals surface area contributed by atoms with Gasteiger partial charge in [-0.1, -0.05) is 12.1 Å². The van der Waals surface area contributed by atoms with Gasteiger partial charge < -0.3 is 5.73 Å². The number of halogens is 2. The maximum atomic E-state index is 12.8. The fourth-order valence-corrected chi connectivity index (χ4v) is 1.46. The molecule has 1 atom stereocenters. The van der Waals surface area contributed by atoms with Crippen LogP contribution in [0, 0.1) is 5.82 Å². The molecule has 0 spiro atoms. The van der Waals surface area contributed by atoms with E-state index in [0.29, 0.717) is 10.9 Å². The Balaban J connectivity index is 2.89. The van der Waals surface area contributed by atoms with Gasteiger partial charge in [0.15, 0.2) is 0 Å². The number of nitrogens with two attached hydrogens (primary N) is 1. The summed E-state index contributed by atoms with van der Waals surface area (Å²) in [4.78, 5) is 0. The molecule has 0 radical (unpaired) electrons. The summed E-state index contributed by atoms with van der Waals surface area (Å²) in [5.74, 6) is -0.269. The third-order valence-corrected chi connectivity index (χ3v) is 2.40. The molecular formula is C10H11BrFN. The van der Waals surface area contributed by atoms with Gasteiger partial charge in [0.25, 0.3) is 0 Å². The smallest absolute Gasteiger partial charge is 0.137 e. The van der Waals surface area contributed by atoms with E-state index in [2.05, 4.69) is 22.5 Å². The number of rotatable bonds is 3. The minimum Gasteiger partial charge on any atom is -0.324 e. The molecule has 13 heavy (non-hydrogen) atoms. The highest BCUT2D eigenvalue weighted by Crippen LogP contribution is 2.21. The predicted octanol–water partition coefficient (Wildman–Crippen LogP) is 3.16. The van der Waals surface area contributed by atoms with Crippen molar-refractivity contribution in [3.63, 3.8) is 0 Å². The van der Waals surface area contributed by atoms with E-state index in [4.69, 9.17) is 5.73 Å². The van der Waals surface area contributed by atoms with E-state index in [0.717, 1.165) is 5.56 Å². The average molecular weight is 244 g/mol. The highest BCUT2D eigenvalue weighted by atomic mass is 79.9. The summed E-state index contributed by atoms with van der Waals surface area (Å²) in [6, 6.07) is 4.69. The molecule has 1 rings (SSSR count). The van der Waals surface area contributed by atoms with Gasteiger partial charge >= 0.3 is 0 Å². The molecule has 0 saturated carbocycles. The molecule has 1 aromatic carbocycles. The second kappa shape index (κ2) is 4.53. The zero-order chi connectivity index (χ0) is 9.84. The first kappa shape index (κ1) is 10.4. The summed E-state index contributed by atoms with van der Waals surface area (Å²) in [7, 11) is 0. The summed E-state index contributed by atoms with van der Waals surface area (Å²) >= 11 is 3.11. The highest BCUT2D eigenvalue weighted by molar-refractivity contribution is 9.10. The molecule has 1 nitrogen and oxygen atoms in total. The van der Waals surface area contributed by atoms with Crippen molar-refractivity contribution in [2.75, 3.05) is 0 Å². The van der Waals surface area contributed by atoms with Crippen molar-refractivity contribution >= 4 is 15.9 Å². The minimum absolute atomic E-state index is 0.102. The number of hydrogen-bond acceptors (Lipinski definition) is 1. The number of benzene rings is 1. The van der Waals surface area contributed by atoms with Crippen LogP contribution in [0.1, 0.15) is 18.0 Å². The Hall–Kier alpha value is -0.670. The van der Waals surface area contributed by atoms with Crippen LogP contribution in [0.5, 0.6) is 0 Å². The quantitative estimate of drug-likeness (QED) is 0.812. The molecule has 2 N–H and O–H groups in total. The van der Waals surface area contributed by atoms with E-state index in [9.17, 15) is 4.39 Å². The number of hydrogen-bond donors (Lipinski definition) is 1. The van der Waals surface area contributed by atoms with E-state index in [-0.39, 0.29) is 11.9 Å². The largest absolute Gasteiger partial charge is 0.324 e. The molecule has 0 aliphatic heterocycles. The van der Waals surface area contributed by atoms with E-state index in [1.807, 2.05) is 0 Å². The third kappa shape index (κ3) is 2.64. The van der Waals surface area contributed by atoms with Gasteiger partial charge in [0.1, 0.15) is 5.82 Å². The summed E-state index contributed by atoms with van der Waals surface area (Å²) in [5.41, 5.74) is 6.72. The molecule has 0 bridgehead atoms. The summed E-state index contributed by atoms with van der Waals surface area (Å²) < 4.78 is 13.3. The highest BCUT2D eigenvalue weighted by Gasteiger charge is 2.06. The van der Waals surface area contributed by atoms with Crippen LogP contribution in [0.4, 0.5) is 4.39 Å². The lowest BCUT2D eigenvalue weighted by atomic mass is 10.1. The molecule has 0 saturated heterocycles. The summed E-state index contributed by atoms with van der Waals surface area (Å²) in [6.07, 6.45) is 2.44. The fourth-order valence-electron chi connectivity index (χ4n) is 1.06. The van der Waals surface area contributed by atoms with Crippen molar-refractivity contribution in [2.24, 2.45) is 5.73 Å². The normalized spacial score (nSPS) is 12.5. The Morgan fingerprint density at radius 1 is 1.62 bits per heavy atom. The van der Waals surface area contributed by atoms with Gasteiger partial charge in [-0.3, -0.25) is 0 Å². The fraction of sp³-hybridized carbons (Fsp3) is 0.200. The van der Waals surface area contributed by atoms with Crippen LogP contribution in [-0.4, -0.2) is 0 Å². The molecule has 0 aliphatic rings. The Morgan fingerprint density at radius 2 is 2.31 bits per heavy atom. The Labute approximate surface area is 85.6 Å². The van der Waals surface area contributed by atoms with E-state index in [1.165, 1.54) is 6.07 Å². The van der Waals surface area contributed by atoms with E-state index in [1.54, 1.807) is 18.2 Å². The lowest BCUT2D eigenvalue weighted by Crippen LogP contribution is -2.08. The van der Waals surface area contributed by atoms with Crippen LogP contribution >= 0.6 is 15.9 Å². The molecule has 0 amide bonds. The van der Waals surface area contributed by atoms with Crippen molar-refractivity contribution in [3.8, 4) is 0 Å². The zero-order valence-electron chi connectivity index (χ0n) is 7.13. The van der Waals surface area contributed by atoms with Crippen LogP contribution in [0.3, 0.4) is 0 Å². The van der Waals surface area contributed by atoms with Crippen LogP contribution in [0.2, 0.25) is 0 Å². The monoisotopic (exact) mass is 243 g/mol. The molecule has 1 aromatic rings. The SMILES string of the molecule is C=CC[C@H](N)c1ccc(F)c(Br)c1. The summed E-state index contributed by atoms with van der Waals surface area (Å²) in [5, 5.41) is 0. The van der Waals surface area contributed by atoms with Crippen molar-refractivity contribution < 1.29 is 4.39 Å². The second-order valence-electron chi connectivity index (χ2n) is 2.80. The standard InChI is InChI=1S/C10H11BrFN/c1-2-3-10(13)7-4-5-9(12)8(11)6-7/h2,4-6,10H,1,3,13H2/t10-/m0/s1. The lowest BCUT2D eigenvalue weighted by Gasteiger charge is -2.09. The lowest BCUT2D eigenvalue weighted by molar-refractivity contribution is 0.618. The van der Waals surface area contributed by atoms with Crippen LogP contribution < -0.4 is 5.73 Å². The maximum absolute atomic E-state index is 12.8. The zero-order valence-corrected chi connectivity index (χ0v) is 8.72. The van der Waals surface area contributed by atoms with E-state index < -0.39 is 0 Å². The van der Waals surface area contributed by atoms with Crippen LogP contribution in [0.15, 0.2) is 35.3 Å². The van der Waals surface area contributed by atoms with Gasteiger partial charge in [0.05, 0.1) is 4.47 Å².